The van der Waals surface area contributed by atoms with E-state index in [0.29, 0.717) is 24.6 Å². The average molecular weight is 381 g/mol. The van der Waals surface area contributed by atoms with Crippen molar-refractivity contribution in [3.05, 3.63) is 41.4 Å². The van der Waals surface area contributed by atoms with Gasteiger partial charge in [-0.05, 0) is 7.05 Å². The van der Waals surface area contributed by atoms with Gasteiger partial charge in [-0.25, -0.2) is 15.0 Å². The molecule has 0 aromatic carbocycles. The maximum Gasteiger partial charge on any atom is 0.274 e. The summed E-state index contributed by atoms with van der Waals surface area (Å²) in [5.41, 5.74) is 2.44. The number of fused-ring (bicyclic) bond motifs is 1. The fourth-order valence-electron chi connectivity index (χ4n) is 3.46. The van der Waals surface area contributed by atoms with Crippen LogP contribution in [0.5, 0.6) is 0 Å². The molecule has 4 rings (SSSR count). The van der Waals surface area contributed by atoms with E-state index in [4.69, 9.17) is 4.98 Å². The lowest BCUT2D eigenvalue weighted by Gasteiger charge is -2.32. The molecule has 28 heavy (non-hydrogen) atoms. The summed E-state index contributed by atoms with van der Waals surface area (Å²) < 4.78 is 0. The minimum atomic E-state index is -0.0862. The topological polar surface area (TPSA) is 78.4 Å². The van der Waals surface area contributed by atoms with E-state index in [1.807, 2.05) is 11.1 Å². The first-order valence-electron chi connectivity index (χ1n) is 9.71. The van der Waals surface area contributed by atoms with Crippen molar-refractivity contribution in [2.75, 3.05) is 38.1 Å². The normalized spacial score (nSPS) is 17.7. The summed E-state index contributed by atoms with van der Waals surface area (Å²) in [6, 6.07) is 0. The van der Waals surface area contributed by atoms with Gasteiger partial charge in [0.25, 0.3) is 5.91 Å². The molecule has 0 radical (unpaired) electrons. The number of nitrogens with zero attached hydrogens (tertiary/aromatic N) is 7. The molecule has 1 fully saturated rings. The van der Waals surface area contributed by atoms with Crippen LogP contribution < -0.4 is 4.90 Å². The fraction of sp³-hybridized carbons (Fsp3) is 0.550. The van der Waals surface area contributed by atoms with Gasteiger partial charge in [0.15, 0.2) is 0 Å². The number of carbonyl (C=O) groups excluding carboxylic acids is 1. The summed E-state index contributed by atoms with van der Waals surface area (Å²) in [6.45, 7) is 10.9. The molecule has 8 nitrogen and oxygen atoms in total. The first kappa shape index (κ1) is 18.7. The molecule has 0 bridgehead atoms. The second-order valence-electron chi connectivity index (χ2n) is 8.63. The second kappa shape index (κ2) is 7.09. The zero-order chi connectivity index (χ0) is 19.9. The molecule has 0 aliphatic carbocycles. The fourth-order valence-corrected chi connectivity index (χ4v) is 3.46. The molecule has 0 spiro atoms. The Hall–Kier alpha value is -2.61. The van der Waals surface area contributed by atoms with Crippen molar-refractivity contribution in [1.29, 1.82) is 0 Å². The molecule has 0 N–H and O–H groups in total. The van der Waals surface area contributed by atoms with Crippen molar-refractivity contribution < 1.29 is 4.79 Å². The van der Waals surface area contributed by atoms with Crippen molar-refractivity contribution in [2.24, 2.45) is 0 Å². The summed E-state index contributed by atoms with van der Waals surface area (Å²) in [5.74, 6) is 1.50. The van der Waals surface area contributed by atoms with Crippen LogP contribution in [0.4, 0.5) is 5.82 Å². The van der Waals surface area contributed by atoms with E-state index in [1.165, 1.54) is 0 Å². The van der Waals surface area contributed by atoms with Crippen LogP contribution in [0, 0.1) is 0 Å². The van der Waals surface area contributed by atoms with Crippen LogP contribution in [-0.4, -0.2) is 68.9 Å². The van der Waals surface area contributed by atoms with Gasteiger partial charge in [0.05, 0.1) is 24.6 Å². The van der Waals surface area contributed by atoms with E-state index in [0.717, 1.165) is 43.3 Å². The molecule has 2 aromatic heterocycles. The number of carbonyl (C=O) groups is 1. The number of aromatic nitrogens is 4. The standard InChI is InChI=1S/C20H27N7O/c1-20(2,3)19-22-9-14-12-27(13-16(14)24-19)17-11-21-10-15(23-17)18(28)26-7-5-25(4)6-8-26/h9-11H,5-8,12-13H2,1-4H3. The van der Waals surface area contributed by atoms with E-state index >= 15 is 0 Å². The van der Waals surface area contributed by atoms with Gasteiger partial charge in [-0.2, -0.15) is 0 Å². The second-order valence-corrected chi connectivity index (χ2v) is 8.63. The van der Waals surface area contributed by atoms with Crippen LogP contribution in [0.1, 0.15) is 48.3 Å². The number of rotatable bonds is 2. The maximum atomic E-state index is 12.8. The summed E-state index contributed by atoms with van der Waals surface area (Å²) in [5, 5.41) is 0. The predicted molar refractivity (Wildman–Crippen MR) is 106 cm³/mol. The molecule has 0 unspecified atom stereocenters. The smallest absolute Gasteiger partial charge is 0.274 e. The molecule has 0 atom stereocenters. The van der Waals surface area contributed by atoms with Gasteiger partial charge in [-0.3, -0.25) is 9.78 Å². The van der Waals surface area contributed by atoms with Crippen LogP contribution in [0.15, 0.2) is 18.6 Å². The Morgan fingerprint density at radius 1 is 1.00 bits per heavy atom. The van der Waals surface area contributed by atoms with E-state index in [9.17, 15) is 4.79 Å². The van der Waals surface area contributed by atoms with Crippen molar-refractivity contribution in [1.82, 2.24) is 29.7 Å². The van der Waals surface area contributed by atoms with Crippen LogP contribution in [0.3, 0.4) is 0 Å². The number of piperazine rings is 1. The highest BCUT2D eigenvalue weighted by Gasteiger charge is 2.27. The number of hydrogen-bond acceptors (Lipinski definition) is 7. The monoisotopic (exact) mass is 381 g/mol. The highest BCUT2D eigenvalue weighted by atomic mass is 16.2. The Balaban J connectivity index is 1.51. The third-order valence-corrected chi connectivity index (χ3v) is 5.28. The van der Waals surface area contributed by atoms with Gasteiger partial charge in [0, 0.05) is 49.9 Å². The quantitative estimate of drug-likeness (QED) is 0.779. The summed E-state index contributed by atoms with van der Waals surface area (Å²) in [4.78, 5) is 37.2. The van der Waals surface area contributed by atoms with Crippen LogP contribution in [-0.2, 0) is 18.5 Å². The van der Waals surface area contributed by atoms with Crippen molar-refractivity contribution in [3.8, 4) is 0 Å². The van der Waals surface area contributed by atoms with Crippen LogP contribution in [0.2, 0.25) is 0 Å². The lowest BCUT2D eigenvalue weighted by Crippen LogP contribution is -2.47. The van der Waals surface area contributed by atoms with Crippen LogP contribution >= 0.6 is 0 Å². The van der Waals surface area contributed by atoms with Gasteiger partial charge in [0.1, 0.15) is 17.3 Å². The SMILES string of the molecule is CN1CCN(C(=O)c2cncc(N3Cc4cnc(C(C)(C)C)nc4C3)n2)CC1. The number of hydrogen-bond donors (Lipinski definition) is 0. The summed E-state index contributed by atoms with van der Waals surface area (Å²) in [7, 11) is 2.07. The Bertz CT molecular complexity index is 884. The third kappa shape index (κ3) is 3.69. The van der Waals surface area contributed by atoms with Gasteiger partial charge in [-0.15, -0.1) is 0 Å². The minimum absolute atomic E-state index is 0.0472. The number of likely N-dealkylation sites (N-methyl/N-ethyl adjacent to an activating group) is 1. The van der Waals surface area contributed by atoms with E-state index in [-0.39, 0.29) is 11.3 Å². The van der Waals surface area contributed by atoms with Gasteiger partial charge < -0.3 is 14.7 Å². The molecule has 4 heterocycles. The molecular formula is C20H27N7O. The molecule has 8 heteroatoms. The largest absolute Gasteiger partial charge is 0.345 e. The average Bonchev–Trinajstić information content (AvgIpc) is 3.11. The van der Waals surface area contributed by atoms with Crippen molar-refractivity contribution in [3.63, 3.8) is 0 Å². The van der Waals surface area contributed by atoms with E-state index < -0.39 is 0 Å². The Kier molecular flexibility index (Phi) is 4.74. The molecule has 2 aliphatic rings. The predicted octanol–water partition coefficient (Wildman–Crippen LogP) is 1.47. The summed E-state index contributed by atoms with van der Waals surface area (Å²) in [6.07, 6.45) is 5.19. The highest BCUT2D eigenvalue weighted by Crippen LogP contribution is 2.27. The van der Waals surface area contributed by atoms with Gasteiger partial charge in [-0.1, -0.05) is 20.8 Å². The maximum absolute atomic E-state index is 12.8. The molecule has 1 saturated heterocycles. The molecular weight excluding hydrogens is 354 g/mol. The zero-order valence-electron chi connectivity index (χ0n) is 17.0. The zero-order valence-corrected chi connectivity index (χ0v) is 17.0. The number of anilines is 1. The highest BCUT2D eigenvalue weighted by molar-refractivity contribution is 5.92. The van der Waals surface area contributed by atoms with E-state index in [1.54, 1.807) is 12.4 Å². The molecule has 148 valence electrons. The first-order chi connectivity index (χ1) is 13.3. The minimum Gasteiger partial charge on any atom is -0.345 e. The Morgan fingerprint density at radius 3 is 2.46 bits per heavy atom. The third-order valence-electron chi connectivity index (χ3n) is 5.28. The molecule has 1 amide bonds. The lowest BCUT2D eigenvalue weighted by atomic mass is 9.95. The first-order valence-corrected chi connectivity index (χ1v) is 9.71. The molecule has 0 saturated carbocycles. The lowest BCUT2D eigenvalue weighted by molar-refractivity contribution is 0.0658. The summed E-state index contributed by atoms with van der Waals surface area (Å²) >= 11 is 0. The van der Waals surface area contributed by atoms with Crippen LogP contribution in [0.25, 0.3) is 0 Å². The van der Waals surface area contributed by atoms with Crippen molar-refractivity contribution >= 4 is 11.7 Å². The number of amides is 1. The van der Waals surface area contributed by atoms with E-state index in [2.05, 4.69) is 52.6 Å². The molecule has 2 aliphatic heterocycles. The van der Waals surface area contributed by atoms with Crippen molar-refractivity contribution in [2.45, 2.75) is 39.3 Å². The Labute approximate surface area is 165 Å². The van der Waals surface area contributed by atoms with Gasteiger partial charge >= 0.3 is 0 Å². The Morgan fingerprint density at radius 2 is 1.75 bits per heavy atom. The molecule has 2 aromatic rings. The van der Waals surface area contributed by atoms with Gasteiger partial charge in [0.2, 0.25) is 0 Å².